The van der Waals surface area contributed by atoms with Crippen LogP contribution in [-0.4, -0.2) is 60.4 Å². The highest BCUT2D eigenvalue weighted by atomic mass is 32.2. The fourth-order valence-electron chi connectivity index (χ4n) is 1.91. The molecular weight excluding hydrogens is 476 g/mol. The third-order valence-electron chi connectivity index (χ3n) is 3.73. The number of halogens is 8. The van der Waals surface area contributed by atoms with Gasteiger partial charge in [0.25, 0.3) is 0 Å². The van der Waals surface area contributed by atoms with E-state index in [1.54, 1.807) is 0 Å². The Kier molecular flexibility index (Phi) is 7.80. The summed E-state index contributed by atoms with van der Waals surface area (Å²) in [6.07, 6.45) is -16.7. The molecule has 176 valence electrons. The second kappa shape index (κ2) is 8.03. The molecule has 0 aromatic heterocycles. The Hall–Kier alpha value is -0.820. The molecular formula is C11H16F8O8S2. The highest BCUT2D eigenvalue weighted by Gasteiger charge is 2.71. The average molecular weight is 492 g/mol. The predicted octanol–water partition coefficient (Wildman–Crippen LogP) is 3.11. The Morgan fingerprint density at radius 3 is 1.41 bits per heavy atom. The van der Waals surface area contributed by atoms with Crippen LogP contribution in [0.4, 0.5) is 35.1 Å². The maximum Gasteiger partial charge on any atom is 0.459 e. The molecule has 18 heteroatoms. The van der Waals surface area contributed by atoms with Crippen molar-refractivity contribution in [2.45, 2.75) is 68.0 Å². The minimum Gasteiger partial charge on any atom is -0.308 e. The molecule has 0 aliphatic carbocycles. The summed E-state index contributed by atoms with van der Waals surface area (Å²) in [5.74, 6) is 0. The average Bonchev–Trinajstić information content (AvgIpc) is 2.49. The molecule has 0 aliphatic rings. The molecule has 2 atom stereocenters. The smallest absolute Gasteiger partial charge is 0.308 e. The number of hydrogen-bond acceptors (Lipinski definition) is 6. The summed E-state index contributed by atoms with van der Waals surface area (Å²) in [6.45, 7) is 2.05. The topological polar surface area (TPSA) is 127 Å². The molecule has 2 unspecified atom stereocenters. The fraction of sp³-hybridized carbons (Fsp3) is 1.00. The van der Waals surface area contributed by atoms with Gasteiger partial charge in [-0.05, 0) is 19.8 Å². The summed E-state index contributed by atoms with van der Waals surface area (Å²) in [5, 5.41) is -12.6. The van der Waals surface area contributed by atoms with Gasteiger partial charge in [-0.3, -0.25) is 9.11 Å². The summed E-state index contributed by atoms with van der Waals surface area (Å²) in [4.78, 5) is 0. The lowest BCUT2D eigenvalue weighted by Crippen LogP contribution is -2.59. The molecule has 0 radical (unpaired) electrons. The molecule has 29 heavy (non-hydrogen) atoms. The van der Waals surface area contributed by atoms with E-state index < -0.39 is 67.5 Å². The Bertz CT molecular complexity index is 798. The number of alkyl halides is 8. The van der Waals surface area contributed by atoms with E-state index in [1.807, 2.05) is 0 Å². The Labute approximate surface area is 159 Å². The van der Waals surface area contributed by atoms with Crippen molar-refractivity contribution >= 4 is 20.2 Å². The first kappa shape index (κ1) is 28.2. The molecule has 0 aromatic rings. The summed E-state index contributed by atoms with van der Waals surface area (Å²) < 4.78 is 173. The lowest BCUT2D eigenvalue weighted by molar-refractivity contribution is -0.397. The quantitative estimate of drug-likeness (QED) is 0.333. The van der Waals surface area contributed by atoms with Crippen LogP contribution >= 0.6 is 0 Å². The van der Waals surface area contributed by atoms with Crippen molar-refractivity contribution in [2.75, 3.05) is 0 Å². The van der Waals surface area contributed by atoms with Crippen LogP contribution in [0.25, 0.3) is 0 Å². The zero-order chi connectivity index (χ0) is 23.9. The van der Waals surface area contributed by atoms with Gasteiger partial charge in [0.2, 0.25) is 0 Å². The summed E-state index contributed by atoms with van der Waals surface area (Å²) in [7, 11) is -13.6. The standard InChI is InChI=1S/C11H16F8O8S2/c1-4-6(26-8(12,13)10(16,17)28(20,21)22)7(3,5-2)27-9(14,15)11(18,19)29(23,24)25/h6H,4-5H2,1-3H3,(H,20,21,22)(H,23,24,25). The van der Waals surface area contributed by atoms with Crippen molar-refractivity contribution in [1.29, 1.82) is 0 Å². The van der Waals surface area contributed by atoms with Gasteiger partial charge in [-0.25, -0.2) is 0 Å². The van der Waals surface area contributed by atoms with E-state index in [-0.39, 0.29) is 0 Å². The lowest BCUT2D eigenvalue weighted by atomic mass is 9.93. The predicted molar refractivity (Wildman–Crippen MR) is 77.8 cm³/mol. The van der Waals surface area contributed by atoms with Crippen molar-refractivity contribution in [3.05, 3.63) is 0 Å². The second-order valence-electron chi connectivity index (χ2n) is 5.80. The fourth-order valence-corrected chi connectivity index (χ4v) is 2.60. The zero-order valence-corrected chi connectivity index (χ0v) is 16.3. The van der Waals surface area contributed by atoms with Crippen LogP contribution in [0, 0.1) is 0 Å². The molecule has 0 heterocycles. The van der Waals surface area contributed by atoms with E-state index in [9.17, 15) is 52.0 Å². The molecule has 0 saturated carbocycles. The van der Waals surface area contributed by atoms with Crippen LogP contribution in [0.15, 0.2) is 0 Å². The third kappa shape index (κ3) is 5.27. The van der Waals surface area contributed by atoms with Gasteiger partial charge in [-0.1, -0.05) is 13.8 Å². The van der Waals surface area contributed by atoms with Gasteiger partial charge in [0.05, 0.1) is 11.7 Å². The molecule has 0 aliphatic heterocycles. The summed E-state index contributed by atoms with van der Waals surface area (Å²) >= 11 is 0. The molecule has 0 rings (SSSR count). The van der Waals surface area contributed by atoms with E-state index in [2.05, 4.69) is 9.47 Å². The van der Waals surface area contributed by atoms with E-state index >= 15 is 0 Å². The highest BCUT2D eigenvalue weighted by molar-refractivity contribution is 7.87. The van der Waals surface area contributed by atoms with E-state index in [1.165, 1.54) is 0 Å². The monoisotopic (exact) mass is 492 g/mol. The maximum absolute atomic E-state index is 13.7. The van der Waals surface area contributed by atoms with Gasteiger partial charge in [-0.2, -0.15) is 52.0 Å². The zero-order valence-electron chi connectivity index (χ0n) is 14.7. The minimum absolute atomic E-state index is 0.372. The van der Waals surface area contributed by atoms with E-state index in [0.717, 1.165) is 13.8 Å². The highest BCUT2D eigenvalue weighted by Crippen LogP contribution is 2.46. The molecule has 0 amide bonds. The molecule has 0 fully saturated rings. The number of hydrogen-bond donors (Lipinski definition) is 2. The van der Waals surface area contributed by atoms with Crippen LogP contribution < -0.4 is 0 Å². The first-order valence-electron chi connectivity index (χ1n) is 7.26. The van der Waals surface area contributed by atoms with Crippen LogP contribution in [0.3, 0.4) is 0 Å². The first-order valence-corrected chi connectivity index (χ1v) is 10.1. The van der Waals surface area contributed by atoms with Crippen molar-refractivity contribution in [2.24, 2.45) is 0 Å². The van der Waals surface area contributed by atoms with Gasteiger partial charge >= 0.3 is 43.0 Å². The molecule has 8 nitrogen and oxygen atoms in total. The van der Waals surface area contributed by atoms with Gasteiger partial charge in [0.15, 0.2) is 0 Å². The van der Waals surface area contributed by atoms with Crippen molar-refractivity contribution in [1.82, 2.24) is 0 Å². The number of rotatable bonds is 11. The van der Waals surface area contributed by atoms with Crippen LogP contribution in [0.2, 0.25) is 0 Å². The minimum atomic E-state index is -6.78. The normalized spacial score (nSPS) is 18.4. The van der Waals surface area contributed by atoms with Gasteiger partial charge in [0.1, 0.15) is 0 Å². The van der Waals surface area contributed by atoms with Crippen molar-refractivity contribution in [3.8, 4) is 0 Å². The van der Waals surface area contributed by atoms with E-state index in [4.69, 9.17) is 9.11 Å². The Balaban J connectivity index is 6.15. The Morgan fingerprint density at radius 2 is 1.14 bits per heavy atom. The van der Waals surface area contributed by atoms with Gasteiger partial charge < -0.3 is 9.47 Å². The summed E-state index contributed by atoms with van der Waals surface area (Å²) in [5.41, 5.74) is -3.05. The first-order chi connectivity index (χ1) is 12.4. The van der Waals surface area contributed by atoms with Gasteiger partial charge in [-0.15, -0.1) is 0 Å². The number of ether oxygens (including phenoxy) is 2. The SMILES string of the molecule is CCC(OC(F)(F)C(F)(F)S(=O)(=O)O)C(C)(CC)OC(F)(F)C(F)(F)S(=O)(=O)O. The lowest BCUT2D eigenvalue weighted by Gasteiger charge is -2.41. The van der Waals surface area contributed by atoms with Crippen LogP contribution in [0.1, 0.15) is 33.6 Å². The van der Waals surface area contributed by atoms with Crippen LogP contribution in [0.5, 0.6) is 0 Å². The van der Waals surface area contributed by atoms with Gasteiger partial charge in [0, 0.05) is 0 Å². The molecule has 0 aromatic carbocycles. The Morgan fingerprint density at radius 1 is 0.793 bits per heavy atom. The van der Waals surface area contributed by atoms with Crippen molar-refractivity contribution in [3.63, 3.8) is 0 Å². The molecule has 0 spiro atoms. The molecule has 2 N–H and O–H groups in total. The molecule has 0 saturated heterocycles. The maximum atomic E-state index is 13.7. The largest absolute Gasteiger partial charge is 0.459 e. The summed E-state index contributed by atoms with van der Waals surface area (Å²) in [6, 6.07) is 0. The van der Waals surface area contributed by atoms with Crippen LogP contribution in [-0.2, 0) is 29.7 Å². The third-order valence-corrected chi connectivity index (χ3v) is 5.50. The van der Waals surface area contributed by atoms with Crippen molar-refractivity contribution < 1.29 is 70.5 Å². The molecule has 0 bridgehead atoms. The van der Waals surface area contributed by atoms with E-state index in [0.29, 0.717) is 6.92 Å². The second-order valence-corrected chi connectivity index (χ2v) is 8.73.